The second-order valence-electron chi connectivity index (χ2n) is 5.12. The van der Waals surface area contributed by atoms with Gasteiger partial charge in [-0.15, -0.1) is 0 Å². The van der Waals surface area contributed by atoms with Crippen molar-refractivity contribution < 1.29 is 0 Å². The topological polar surface area (TPSA) is 27.3 Å². The number of rotatable bonds is 8. The van der Waals surface area contributed by atoms with Crippen LogP contribution < -0.4 is 10.6 Å². The molecule has 2 N–H and O–H groups in total. The van der Waals surface area contributed by atoms with Gasteiger partial charge in [0, 0.05) is 6.54 Å². The first kappa shape index (κ1) is 13.9. The number of unbranched alkanes of at least 4 members (excludes halogenated alkanes) is 1. The predicted octanol–water partition coefficient (Wildman–Crippen LogP) is 1.31. The summed E-state index contributed by atoms with van der Waals surface area (Å²) in [5.74, 6) is 0.934. The summed E-state index contributed by atoms with van der Waals surface area (Å²) < 4.78 is 0. The molecule has 1 atom stereocenters. The first-order valence-corrected chi connectivity index (χ1v) is 6.87. The molecule has 3 heteroatoms. The van der Waals surface area contributed by atoms with E-state index >= 15 is 0 Å². The van der Waals surface area contributed by atoms with Gasteiger partial charge in [-0.2, -0.15) is 0 Å². The second-order valence-corrected chi connectivity index (χ2v) is 5.12. The summed E-state index contributed by atoms with van der Waals surface area (Å²) in [6.07, 6.45) is 6.77. The second kappa shape index (κ2) is 8.97. The molecule has 0 aromatic rings. The zero-order chi connectivity index (χ0) is 11.6. The summed E-state index contributed by atoms with van der Waals surface area (Å²) >= 11 is 0. The lowest BCUT2D eigenvalue weighted by atomic mass is 9.95. The molecule has 1 rings (SSSR count). The van der Waals surface area contributed by atoms with Crippen LogP contribution in [-0.2, 0) is 0 Å². The monoisotopic (exact) mass is 227 g/mol. The van der Waals surface area contributed by atoms with Crippen LogP contribution in [0.5, 0.6) is 0 Å². The third-order valence-electron chi connectivity index (χ3n) is 3.48. The molecule has 0 aliphatic carbocycles. The highest BCUT2D eigenvalue weighted by molar-refractivity contribution is 4.71. The Balaban J connectivity index is 1.86. The van der Waals surface area contributed by atoms with Crippen LogP contribution in [0.4, 0.5) is 0 Å². The van der Waals surface area contributed by atoms with Gasteiger partial charge in [0.25, 0.3) is 0 Å². The fraction of sp³-hybridized carbons (Fsp3) is 1.00. The fourth-order valence-electron chi connectivity index (χ4n) is 2.49. The van der Waals surface area contributed by atoms with E-state index < -0.39 is 0 Å². The molecule has 1 aliphatic rings. The Morgan fingerprint density at radius 1 is 1.19 bits per heavy atom. The molecule has 0 amide bonds. The van der Waals surface area contributed by atoms with Crippen LogP contribution in [0, 0.1) is 5.92 Å². The van der Waals surface area contributed by atoms with Gasteiger partial charge in [0.2, 0.25) is 0 Å². The number of nitrogens with zero attached hydrogens (tertiary/aromatic N) is 1. The summed E-state index contributed by atoms with van der Waals surface area (Å²) in [4.78, 5) is 2.47. The van der Waals surface area contributed by atoms with Gasteiger partial charge in [0.05, 0.1) is 0 Å². The zero-order valence-corrected chi connectivity index (χ0v) is 11.1. The van der Waals surface area contributed by atoms with Gasteiger partial charge in [-0.3, -0.25) is 0 Å². The van der Waals surface area contributed by atoms with Gasteiger partial charge in [-0.1, -0.05) is 0 Å². The van der Waals surface area contributed by atoms with Crippen molar-refractivity contribution >= 4 is 0 Å². The number of hydrogen-bond donors (Lipinski definition) is 2. The highest BCUT2D eigenvalue weighted by atomic mass is 15.1. The van der Waals surface area contributed by atoms with Crippen LogP contribution in [0.3, 0.4) is 0 Å². The Morgan fingerprint density at radius 2 is 2.00 bits per heavy atom. The molecule has 0 aromatic heterocycles. The Hall–Kier alpha value is -0.120. The van der Waals surface area contributed by atoms with Gasteiger partial charge in [0.15, 0.2) is 0 Å². The minimum absolute atomic E-state index is 0.934. The summed E-state index contributed by atoms with van der Waals surface area (Å²) in [6, 6.07) is 0. The lowest BCUT2D eigenvalue weighted by Gasteiger charge is -2.29. The van der Waals surface area contributed by atoms with Crippen LogP contribution in [0.15, 0.2) is 0 Å². The van der Waals surface area contributed by atoms with Crippen molar-refractivity contribution in [1.82, 2.24) is 15.5 Å². The zero-order valence-electron chi connectivity index (χ0n) is 11.1. The van der Waals surface area contributed by atoms with E-state index in [1.807, 2.05) is 7.05 Å². The van der Waals surface area contributed by atoms with E-state index in [1.165, 1.54) is 58.3 Å². The largest absolute Gasteiger partial charge is 0.320 e. The maximum absolute atomic E-state index is 3.56. The smallest absolute Gasteiger partial charge is 0.000709 e. The quantitative estimate of drug-likeness (QED) is 0.612. The average molecular weight is 227 g/mol. The molecule has 1 saturated heterocycles. The molecule has 96 valence electrons. The summed E-state index contributed by atoms with van der Waals surface area (Å²) in [5.41, 5.74) is 0. The van der Waals surface area contributed by atoms with E-state index in [2.05, 4.69) is 22.6 Å². The molecule has 1 unspecified atom stereocenters. The summed E-state index contributed by atoms with van der Waals surface area (Å²) in [5, 5.41) is 6.74. The molecular weight excluding hydrogens is 198 g/mol. The third-order valence-corrected chi connectivity index (χ3v) is 3.48. The lowest BCUT2D eigenvalue weighted by Crippen LogP contribution is -2.33. The first-order valence-electron chi connectivity index (χ1n) is 6.87. The van der Waals surface area contributed by atoms with E-state index in [1.54, 1.807) is 0 Å². The number of piperidine rings is 1. The Bertz CT molecular complexity index is 161. The van der Waals surface area contributed by atoms with E-state index in [0.29, 0.717) is 0 Å². The molecule has 0 bridgehead atoms. The summed E-state index contributed by atoms with van der Waals surface area (Å²) in [6.45, 7) is 6.15. The molecule has 1 fully saturated rings. The molecule has 3 nitrogen and oxygen atoms in total. The van der Waals surface area contributed by atoms with Crippen molar-refractivity contribution in [3.63, 3.8) is 0 Å². The lowest BCUT2D eigenvalue weighted by molar-refractivity contribution is 0.201. The Morgan fingerprint density at radius 3 is 2.75 bits per heavy atom. The van der Waals surface area contributed by atoms with Gasteiger partial charge < -0.3 is 15.5 Å². The molecular formula is C13H29N3. The van der Waals surface area contributed by atoms with Crippen molar-refractivity contribution in [2.75, 3.05) is 46.8 Å². The highest BCUT2D eigenvalue weighted by Crippen LogP contribution is 2.17. The van der Waals surface area contributed by atoms with Gasteiger partial charge >= 0.3 is 0 Å². The average Bonchev–Trinajstić information content (AvgIpc) is 2.28. The van der Waals surface area contributed by atoms with Gasteiger partial charge in [-0.25, -0.2) is 0 Å². The van der Waals surface area contributed by atoms with Crippen molar-refractivity contribution in [3.05, 3.63) is 0 Å². The number of nitrogens with one attached hydrogen (secondary N) is 2. The first-order chi connectivity index (χ1) is 7.83. The van der Waals surface area contributed by atoms with E-state index in [-0.39, 0.29) is 0 Å². The fourth-order valence-corrected chi connectivity index (χ4v) is 2.49. The van der Waals surface area contributed by atoms with Crippen LogP contribution in [0.2, 0.25) is 0 Å². The Kier molecular flexibility index (Phi) is 7.81. The molecule has 0 radical (unpaired) electrons. The van der Waals surface area contributed by atoms with Gasteiger partial charge in [0.1, 0.15) is 0 Å². The van der Waals surface area contributed by atoms with Gasteiger partial charge in [-0.05, 0) is 78.3 Å². The van der Waals surface area contributed by atoms with Crippen molar-refractivity contribution in [2.24, 2.45) is 5.92 Å². The maximum atomic E-state index is 3.56. The predicted molar refractivity (Wildman–Crippen MR) is 70.9 cm³/mol. The minimum Gasteiger partial charge on any atom is -0.320 e. The van der Waals surface area contributed by atoms with Crippen molar-refractivity contribution in [3.8, 4) is 0 Å². The number of likely N-dealkylation sites (tertiary alicyclic amines) is 1. The molecule has 0 spiro atoms. The Labute approximate surface area is 101 Å². The number of hydrogen-bond acceptors (Lipinski definition) is 3. The van der Waals surface area contributed by atoms with Crippen LogP contribution >= 0.6 is 0 Å². The molecule has 1 heterocycles. The third kappa shape index (κ3) is 6.46. The SMILES string of the molecule is CNCCCCNCCC1CCCN(C)C1. The summed E-state index contributed by atoms with van der Waals surface area (Å²) in [7, 11) is 4.27. The molecule has 0 saturated carbocycles. The minimum atomic E-state index is 0.934. The molecule has 16 heavy (non-hydrogen) atoms. The molecule has 1 aliphatic heterocycles. The van der Waals surface area contributed by atoms with E-state index in [0.717, 1.165) is 12.5 Å². The standard InChI is InChI=1S/C13H29N3/c1-14-8-3-4-9-15-10-7-13-6-5-11-16(2)12-13/h13-15H,3-12H2,1-2H3. The van der Waals surface area contributed by atoms with Crippen molar-refractivity contribution in [1.29, 1.82) is 0 Å². The highest BCUT2D eigenvalue weighted by Gasteiger charge is 2.15. The molecule has 0 aromatic carbocycles. The van der Waals surface area contributed by atoms with Crippen LogP contribution in [-0.4, -0.2) is 51.7 Å². The van der Waals surface area contributed by atoms with E-state index in [4.69, 9.17) is 0 Å². The van der Waals surface area contributed by atoms with Crippen molar-refractivity contribution in [2.45, 2.75) is 32.1 Å². The normalized spacial score (nSPS) is 22.5. The van der Waals surface area contributed by atoms with E-state index in [9.17, 15) is 0 Å². The van der Waals surface area contributed by atoms with Crippen LogP contribution in [0.25, 0.3) is 0 Å². The van der Waals surface area contributed by atoms with Crippen LogP contribution in [0.1, 0.15) is 32.1 Å². The maximum Gasteiger partial charge on any atom is 0.000709 e.